The van der Waals surface area contributed by atoms with Crippen LogP contribution in [0.1, 0.15) is 5.56 Å². The van der Waals surface area contributed by atoms with Crippen LogP contribution in [0.3, 0.4) is 0 Å². The zero-order valence-corrected chi connectivity index (χ0v) is 8.35. The summed E-state index contributed by atoms with van der Waals surface area (Å²) >= 11 is 5.93. The van der Waals surface area contributed by atoms with Crippen molar-refractivity contribution < 1.29 is 9.94 Å². The van der Waals surface area contributed by atoms with Crippen molar-refractivity contribution in [2.75, 3.05) is 7.11 Å². The van der Waals surface area contributed by atoms with Crippen molar-refractivity contribution in [2.45, 2.75) is 6.54 Å². The second kappa shape index (κ2) is 4.51. The molecule has 1 rings (SSSR count). The van der Waals surface area contributed by atoms with E-state index in [0.29, 0.717) is 10.8 Å². The van der Waals surface area contributed by atoms with Crippen LogP contribution in [-0.2, 0) is 6.54 Å². The lowest BCUT2D eigenvalue weighted by atomic mass is 9.92. The standard InChI is InChI=1S/C8H11BClNO2/c1-13-8-5(4-11-12)7(10)3-2-6(8)9/h2-3,11-12H,4,9H2,1H3. The zero-order chi connectivity index (χ0) is 9.84. The first-order valence-electron chi connectivity index (χ1n) is 3.89. The highest BCUT2D eigenvalue weighted by Crippen LogP contribution is 2.23. The molecule has 1 aromatic rings. The molecule has 0 saturated carbocycles. The Morgan fingerprint density at radius 2 is 2.31 bits per heavy atom. The average Bonchev–Trinajstić information content (AvgIpc) is 2.12. The summed E-state index contributed by atoms with van der Waals surface area (Å²) in [6.45, 7) is 0.281. The van der Waals surface area contributed by atoms with Crippen LogP contribution in [0.2, 0.25) is 5.02 Å². The van der Waals surface area contributed by atoms with E-state index in [1.807, 2.05) is 13.9 Å². The molecule has 0 saturated heterocycles. The van der Waals surface area contributed by atoms with Gasteiger partial charge in [0.2, 0.25) is 0 Å². The van der Waals surface area contributed by atoms with Gasteiger partial charge >= 0.3 is 0 Å². The lowest BCUT2D eigenvalue weighted by molar-refractivity contribution is 0.160. The van der Waals surface area contributed by atoms with Gasteiger partial charge in [0.25, 0.3) is 0 Å². The molecule has 0 spiro atoms. The zero-order valence-electron chi connectivity index (χ0n) is 7.60. The normalized spacial score (nSPS) is 10.1. The van der Waals surface area contributed by atoms with E-state index in [4.69, 9.17) is 21.5 Å². The molecule has 0 aliphatic rings. The lowest BCUT2D eigenvalue weighted by Crippen LogP contribution is -2.14. The molecule has 0 aliphatic carbocycles. The maximum atomic E-state index is 8.59. The van der Waals surface area contributed by atoms with Gasteiger partial charge in [-0.2, -0.15) is 0 Å². The average molecular weight is 199 g/mol. The molecule has 3 nitrogen and oxygen atoms in total. The SMILES string of the molecule is Bc1ccc(Cl)c(CNO)c1OC. The maximum Gasteiger partial charge on any atom is 0.144 e. The van der Waals surface area contributed by atoms with E-state index in [2.05, 4.69) is 5.48 Å². The summed E-state index contributed by atoms with van der Waals surface area (Å²) < 4.78 is 5.17. The first kappa shape index (κ1) is 10.4. The summed E-state index contributed by atoms with van der Waals surface area (Å²) in [7, 11) is 3.51. The fraction of sp³-hybridized carbons (Fsp3) is 0.250. The Morgan fingerprint density at radius 3 is 2.85 bits per heavy atom. The fourth-order valence-electron chi connectivity index (χ4n) is 1.25. The van der Waals surface area contributed by atoms with Crippen LogP contribution in [0.15, 0.2) is 12.1 Å². The Kier molecular flexibility index (Phi) is 3.60. The predicted molar refractivity (Wildman–Crippen MR) is 54.8 cm³/mol. The first-order valence-corrected chi connectivity index (χ1v) is 4.27. The Balaban J connectivity index is 3.18. The highest BCUT2D eigenvalue weighted by atomic mass is 35.5. The van der Waals surface area contributed by atoms with Gasteiger partial charge in [-0.25, -0.2) is 5.48 Å². The van der Waals surface area contributed by atoms with Crippen molar-refractivity contribution in [3.05, 3.63) is 22.7 Å². The summed E-state index contributed by atoms with van der Waals surface area (Å²) in [6.07, 6.45) is 0. The highest BCUT2D eigenvalue weighted by Gasteiger charge is 2.09. The van der Waals surface area contributed by atoms with Gasteiger partial charge in [0, 0.05) is 10.6 Å². The van der Waals surface area contributed by atoms with Gasteiger partial charge in [-0.3, -0.25) is 0 Å². The molecule has 0 aliphatic heterocycles. The van der Waals surface area contributed by atoms with Crippen LogP contribution in [0.25, 0.3) is 0 Å². The van der Waals surface area contributed by atoms with Gasteiger partial charge < -0.3 is 9.94 Å². The topological polar surface area (TPSA) is 41.5 Å². The van der Waals surface area contributed by atoms with E-state index in [0.717, 1.165) is 11.0 Å². The molecular weight excluding hydrogens is 188 g/mol. The van der Waals surface area contributed by atoms with Crippen molar-refractivity contribution >= 4 is 24.9 Å². The highest BCUT2D eigenvalue weighted by molar-refractivity contribution is 6.36. The second-order valence-corrected chi connectivity index (χ2v) is 3.12. The molecule has 0 heterocycles. The Morgan fingerprint density at radius 1 is 1.62 bits per heavy atom. The van der Waals surface area contributed by atoms with Crippen LogP contribution in [-0.4, -0.2) is 20.2 Å². The molecule has 70 valence electrons. The van der Waals surface area contributed by atoms with Gasteiger partial charge in [0.1, 0.15) is 13.6 Å². The Labute approximate surface area is 83.0 Å². The molecule has 0 amide bonds. The number of hydrogen-bond donors (Lipinski definition) is 2. The van der Waals surface area contributed by atoms with Gasteiger partial charge in [0.15, 0.2) is 0 Å². The van der Waals surface area contributed by atoms with Crippen molar-refractivity contribution in [1.82, 2.24) is 5.48 Å². The number of rotatable bonds is 3. The molecule has 0 bridgehead atoms. The van der Waals surface area contributed by atoms with Crippen molar-refractivity contribution in [1.29, 1.82) is 0 Å². The maximum absolute atomic E-state index is 8.59. The van der Waals surface area contributed by atoms with Crippen molar-refractivity contribution in [2.24, 2.45) is 0 Å². The van der Waals surface area contributed by atoms with Crippen LogP contribution < -0.4 is 15.7 Å². The van der Waals surface area contributed by atoms with Crippen LogP contribution in [0.5, 0.6) is 5.75 Å². The van der Waals surface area contributed by atoms with E-state index in [1.165, 1.54) is 0 Å². The molecule has 13 heavy (non-hydrogen) atoms. The van der Waals surface area contributed by atoms with E-state index in [9.17, 15) is 0 Å². The van der Waals surface area contributed by atoms with Gasteiger partial charge in [-0.1, -0.05) is 17.7 Å². The summed E-state index contributed by atoms with van der Waals surface area (Å²) in [4.78, 5) is 0. The van der Waals surface area contributed by atoms with E-state index in [-0.39, 0.29) is 6.54 Å². The molecular formula is C8H11BClNO2. The van der Waals surface area contributed by atoms with Crippen molar-refractivity contribution in [3.63, 3.8) is 0 Å². The number of nitrogens with one attached hydrogen (secondary N) is 1. The smallest absolute Gasteiger partial charge is 0.144 e. The number of methoxy groups -OCH3 is 1. The quantitative estimate of drug-likeness (QED) is 0.535. The monoisotopic (exact) mass is 199 g/mol. The van der Waals surface area contributed by atoms with Gasteiger partial charge in [0.05, 0.1) is 13.7 Å². The third-order valence-electron chi connectivity index (χ3n) is 1.86. The van der Waals surface area contributed by atoms with E-state index in [1.54, 1.807) is 13.2 Å². The second-order valence-electron chi connectivity index (χ2n) is 2.71. The summed E-state index contributed by atoms with van der Waals surface area (Å²) in [5.41, 5.74) is 3.83. The number of benzene rings is 1. The summed E-state index contributed by atoms with van der Waals surface area (Å²) in [5.74, 6) is 0.717. The first-order chi connectivity index (χ1) is 6.20. The molecule has 1 aromatic carbocycles. The minimum absolute atomic E-state index is 0.281. The number of ether oxygens (including phenoxy) is 1. The fourth-order valence-corrected chi connectivity index (χ4v) is 1.46. The van der Waals surface area contributed by atoms with E-state index < -0.39 is 0 Å². The van der Waals surface area contributed by atoms with Gasteiger partial charge in [-0.05, 0) is 11.5 Å². The number of hydrogen-bond acceptors (Lipinski definition) is 3. The van der Waals surface area contributed by atoms with Crippen LogP contribution in [0.4, 0.5) is 0 Å². The summed E-state index contributed by atoms with van der Waals surface area (Å²) in [5, 5.41) is 9.18. The number of hydroxylamine groups is 1. The van der Waals surface area contributed by atoms with Gasteiger partial charge in [-0.15, -0.1) is 0 Å². The molecule has 0 fully saturated rings. The minimum atomic E-state index is 0.281. The lowest BCUT2D eigenvalue weighted by Gasteiger charge is -2.12. The third-order valence-corrected chi connectivity index (χ3v) is 2.21. The van der Waals surface area contributed by atoms with Crippen LogP contribution in [0, 0.1) is 0 Å². The molecule has 0 aromatic heterocycles. The number of halogens is 1. The predicted octanol–water partition coefficient (Wildman–Crippen LogP) is 0.0858. The third kappa shape index (κ3) is 2.15. The molecule has 0 radical (unpaired) electrons. The van der Waals surface area contributed by atoms with Crippen molar-refractivity contribution in [3.8, 4) is 5.75 Å². The molecule has 5 heteroatoms. The molecule has 0 unspecified atom stereocenters. The summed E-state index contributed by atoms with van der Waals surface area (Å²) in [6, 6.07) is 3.66. The van der Waals surface area contributed by atoms with Crippen LogP contribution >= 0.6 is 11.6 Å². The Bertz CT molecular complexity index is 306. The van der Waals surface area contributed by atoms with E-state index >= 15 is 0 Å². The Hall–Kier alpha value is -0.705. The molecule has 2 N–H and O–H groups in total. The largest absolute Gasteiger partial charge is 0.497 e. The molecule has 0 atom stereocenters. The minimum Gasteiger partial charge on any atom is -0.497 e.